The van der Waals surface area contributed by atoms with Gasteiger partial charge in [0.05, 0.1) is 24.9 Å². The monoisotopic (exact) mass is 510 g/mol. The second kappa shape index (κ2) is 12.1. The highest BCUT2D eigenvalue weighted by atomic mass is 127. The van der Waals surface area contributed by atoms with Gasteiger partial charge in [0.2, 0.25) is 0 Å². The van der Waals surface area contributed by atoms with E-state index < -0.39 is 0 Å². The van der Waals surface area contributed by atoms with Crippen molar-refractivity contribution < 1.29 is 9.47 Å². The molecule has 0 spiro atoms. The minimum Gasteiger partial charge on any atom is -0.379 e. The molecule has 2 N–H and O–H groups in total. The van der Waals surface area contributed by atoms with Crippen LogP contribution in [0.1, 0.15) is 25.5 Å². The topological polar surface area (TPSA) is 58.1 Å². The maximum absolute atomic E-state index is 6.48. The first-order chi connectivity index (χ1) is 12.5. The summed E-state index contributed by atoms with van der Waals surface area (Å²) < 4.78 is 11.0. The zero-order valence-corrected chi connectivity index (χ0v) is 19.7. The Labute approximate surface area is 185 Å². The number of ether oxygens (including phenoxy) is 2. The largest absolute Gasteiger partial charge is 0.379 e. The molecule has 1 aromatic carbocycles. The summed E-state index contributed by atoms with van der Waals surface area (Å²) in [5.41, 5.74) is 0.862. The van der Waals surface area contributed by atoms with Crippen LogP contribution in [0.2, 0.25) is 5.02 Å². The number of hydrogen-bond donors (Lipinski definition) is 2. The lowest BCUT2D eigenvalue weighted by molar-refractivity contribution is 0.0168. The van der Waals surface area contributed by atoms with Gasteiger partial charge in [-0.3, -0.25) is 9.89 Å². The number of nitrogens with zero attached hydrogens (tertiary/aromatic N) is 2. The number of morpholine rings is 1. The predicted molar refractivity (Wildman–Crippen MR) is 122 cm³/mol. The highest BCUT2D eigenvalue weighted by molar-refractivity contribution is 14.0. The van der Waals surface area contributed by atoms with Crippen LogP contribution in [0.15, 0.2) is 29.3 Å². The van der Waals surface area contributed by atoms with Gasteiger partial charge in [-0.2, -0.15) is 0 Å². The van der Waals surface area contributed by atoms with Crippen LogP contribution < -0.4 is 10.6 Å². The van der Waals surface area contributed by atoms with Crippen molar-refractivity contribution in [2.75, 3.05) is 53.6 Å². The van der Waals surface area contributed by atoms with Crippen LogP contribution in [0, 0.1) is 0 Å². The Hall–Kier alpha value is -0.610. The van der Waals surface area contributed by atoms with E-state index in [-0.39, 0.29) is 35.6 Å². The number of rotatable bonds is 7. The molecule has 8 heteroatoms. The average Bonchev–Trinajstić information content (AvgIpc) is 2.66. The Morgan fingerprint density at radius 2 is 1.96 bits per heavy atom. The zero-order valence-electron chi connectivity index (χ0n) is 16.6. The molecular weight excluding hydrogens is 479 g/mol. The van der Waals surface area contributed by atoms with E-state index in [1.54, 1.807) is 14.2 Å². The molecule has 2 rings (SSSR count). The first-order valence-electron chi connectivity index (χ1n) is 9.03. The van der Waals surface area contributed by atoms with Crippen LogP contribution in [0.3, 0.4) is 0 Å². The lowest BCUT2D eigenvalue weighted by atomic mass is 10.0. The molecule has 0 amide bonds. The fourth-order valence-electron chi connectivity index (χ4n) is 2.85. The van der Waals surface area contributed by atoms with Gasteiger partial charge in [-0.1, -0.05) is 29.8 Å². The Bertz CT molecular complexity index is 595. The Kier molecular flexibility index (Phi) is 10.9. The number of benzene rings is 1. The molecule has 1 aliphatic heterocycles. The van der Waals surface area contributed by atoms with E-state index in [1.807, 2.05) is 32.0 Å². The molecule has 0 aliphatic carbocycles. The van der Waals surface area contributed by atoms with Gasteiger partial charge in [-0.15, -0.1) is 24.0 Å². The summed E-state index contributed by atoms with van der Waals surface area (Å²) in [5.74, 6) is 0.750. The fourth-order valence-corrected chi connectivity index (χ4v) is 3.11. The summed E-state index contributed by atoms with van der Waals surface area (Å²) in [6, 6.07) is 8.18. The van der Waals surface area contributed by atoms with E-state index in [1.165, 1.54) is 0 Å². The third-order valence-electron chi connectivity index (χ3n) is 4.67. The molecule has 1 saturated heterocycles. The SMILES string of the molecule is CN=C(NCC(c1ccccc1Cl)N1CCOCC1)NCC(C)(C)OC.I. The summed E-state index contributed by atoms with van der Waals surface area (Å²) in [5, 5.41) is 7.54. The van der Waals surface area contributed by atoms with Gasteiger partial charge in [0.25, 0.3) is 0 Å². The van der Waals surface area contributed by atoms with Crippen molar-refractivity contribution in [2.45, 2.75) is 25.5 Å². The molecule has 1 aromatic rings. The van der Waals surface area contributed by atoms with E-state index in [9.17, 15) is 0 Å². The molecule has 0 aromatic heterocycles. The van der Waals surface area contributed by atoms with Gasteiger partial charge in [-0.25, -0.2) is 0 Å². The van der Waals surface area contributed by atoms with Crippen molar-refractivity contribution in [2.24, 2.45) is 4.99 Å². The minimum atomic E-state index is -0.260. The van der Waals surface area contributed by atoms with Crippen molar-refractivity contribution in [1.82, 2.24) is 15.5 Å². The molecular formula is C19H32ClIN4O2. The maximum Gasteiger partial charge on any atom is 0.191 e. The van der Waals surface area contributed by atoms with Crippen LogP contribution in [0.4, 0.5) is 0 Å². The normalized spacial score (nSPS) is 17.1. The van der Waals surface area contributed by atoms with E-state index in [2.05, 4.69) is 26.6 Å². The average molecular weight is 511 g/mol. The van der Waals surface area contributed by atoms with Crippen LogP contribution in [0.5, 0.6) is 0 Å². The van der Waals surface area contributed by atoms with Gasteiger partial charge in [0.1, 0.15) is 0 Å². The summed E-state index contributed by atoms with van der Waals surface area (Å²) in [6.45, 7) is 8.71. The van der Waals surface area contributed by atoms with E-state index >= 15 is 0 Å². The molecule has 1 unspecified atom stereocenters. The molecule has 1 atom stereocenters. The summed E-state index contributed by atoms with van der Waals surface area (Å²) in [4.78, 5) is 6.73. The standard InChI is InChI=1S/C19H31ClN4O2.HI/c1-19(2,25-4)14-23-18(21-3)22-13-17(24-9-11-26-12-10-24)15-7-5-6-8-16(15)20;/h5-8,17H,9-14H2,1-4H3,(H2,21,22,23);1H. The van der Waals surface area contributed by atoms with Crippen LogP contribution in [-0.2, 0) is 9.47 Å². The number of halogens is 2. The number of nitrogens with one attached hydrogen (secondary N) is 2. The quantitative estimate of drug-likeness (QED) is 0.336. The van der Waals surface area contributed by atoms with Crippen LogP contribution >= 0.6 is 35.6 Å². The Morgan fingerprint density at radius 1 is 1.30 bits per heavy atom. The summed E-state index contributed by atoms with van der Waals surface area (Å²) in [6.07, 6.45) is 0. The van der Waals surface area contributed by atoms with Gasteiger partial charge >= 0.3 is 0 Å². The van der Waals surface area contributed by atoms with Crippen molar-refractivity contribution in [1.29, 1.82) is 0 Å². The first kappa shape index (κ1) is 24.4. The van der Waals surface area contributed by atoms with Crippen molar-refractivity contribution in [3.63, 3.8) is 0 Å². The van der Waals surface area contributed by atoms with E-state index in [0.717, 1.165) is 42.8 Å². The zero-order chi connectivity index (χ0) is 19.0. The summed E-state index contributed by atoms with van der Waals surface area (Å²) >= 11 is 6.48. The molecule has 0 saturated carbocycles. The van der Waals surface area contributed by atoms with Crippen molar-refractivity contribution >= 4 is 41.5 Å². The van der Waals surface area contributed by atoms with Crippen LogP contribution in [0.25, 0.3) is 0 Å². The van der Waals surface area contributed by atoms with E-state index in [4.69, 9.17) is 21.1 Å². The van der Waals surface area contributed by atoms with Gasteiger partial charge in [0, 0.05) is 45.4 Å². The van der Waals surface area contributed by atoms with Gasteiger partial charge < -0.3 is 20.1 Å². The lowest BCUT2D eigenvalue weighted by Crippen LogP contribution is -2.49. The molecule has 0 bridgehead atoms. The molecule has 1 heterocycles. The second-order valence-corrected chi connectivity index (χ2v) is 7.36. The molecule has 1 fully saturated rings. The molecule has 27 heavy (non-hydrogen) atoms. The fraction of sp³-hybridized carbons (Fsp3) is 0.632. The second-order valence-electron chi connectivity index (χ2n) is 6.96. The Morgan fingerprint density at radius 3 is 2.56 bits per heavy atom. The number of guanidine groups is 1. The smallest absolute Gasteiger partial charge is 0.191 e. The highest BCUT2D eigenvalue weighted by Gasteiger charge is 2.25. The number of aliphatic imine (C=N–C) groups is 1. The van der Waals surface area contributed by atoms with Crippen LogP contribution in [-0.4, -0.2) is 70.0 Å². The van der Waals surface area contributed by atoms with Crippen molar-refractivity contribution in [3.8, 4) is 0 Å². The van der Waals surface area contributed by atoms with Gasteiger partial charge in [0.15, 0.2) is 5.96 Å². The Balaban J connectivity index is 0.00000364. The predicted octanol–water partition coefficient (Wildman–Crippen LogP) is 2.92. The number of hydrogen-bond acceptors (Lipinski definition) is 4. The van der Waals surface area contributed by atoms with Gasteiger partial charge in [-0.05, 0) is 25.5 Å². The summed E-state index contributed by atoms with van der Waals surface area (Å²) in [7, 11) is 3.48. The highest BCUT2D eigenvalue weighted by Crippen LogP contribution is 2.27. The van der Waals surface area contributed by atoms with E-state index in [0.29, 0.717) is 13.1 Å². The lowest BCUT2D eigenvalue weighted by Gasteiger charge is -2.35. The third-order valence-corrected chi connectivity index (χ3v) is 5.02. The number of methoxy groups -OCH3 is 1. The van der Waals surface area contributed by atoms with Crippen molar-refractivity contribution in [3.05, 3.63) is 34.9 Å². The molecule has 154 valence electrons. The first-order valence-corrected chi connectivity index (χ1v) is 9.40. The molecule has 6 nitrogen and oxygen atoms in total. The minimum absolute atomic E-state index is 0. The molecule has 0 radical (unpaired) electrons. The third kappa shape index (κ3) is 7.73. The molecule has 1 aliphatic rings. The maximum atomic E-state index is 6.48.